The Morgan fingerprint density at radius 2 is 2.05 bits per heavy atom. The third-order valence-corrected chi connectivity index (χ3v) is 3.80. The first-order valence-electron chi connectivity index (χ1n) is 6.51. The first-order valence-corrected chi connectivity index (χ1v) is 6.51. The number of aromatic amines is 1. The number of carbonyl (C=O) groups is 1. The minimum Gasteiger partial charge on any atom is -0.332 e. The van der Waals surface area contributed by atoms with Crippen LogP contribution in [0.15, 0.2) is 36.4 Å². The highest BCUT2D eigenvalue weighted by molar-refractivity contribution is 5.94. The number of rotatable bonds is 2. The van der Waals surface area contributed by atoms with Crippen molar-refractivity contribution in [1.29, 1.82) is 0 Å². The maximum atomic E-state index is 12.3. The number of nitrogens with zero attached hydrogens (tertiary/aromatic N) is 2. The molecular weight excluding hydrogens is 238 g/mol. The summed E-state index contributed by atoms with van der Waals surface area (Å²) in [5.41, 5.74) is 2.35. The van der Waals surface area contributed by atoms with Crippen molar-refractivity contribution in [3.05, 3.63) is 42.1 Å². The fraction of sp³-hybridized carbons (Fsp3) is 0.333. The molecule has 1 saturated heterocycles. The molecule has 0 bridgehead atoms. The Kier molecular flexibility index (Phi) is 2.66. The number of H-pyrrole nitrogens is 1. The van der Waals surface area contributed by atoms with Crippen LogP contribution in [-0.4, -0.2) is 33.1 Å². The second kappa shape index (κ2) is 4.23. The van der Waals surface area contributed by atoms with Gasteiger partial charge in [-0.2, -0.15) is 5.10 Å². The van der Waals surface area contributed by atoms with E-state index in [1.54, 1.807) is 0 Å². The quantitative estimate of drug-likeness (QED) is 0.897. The molecule has 1 N–H and O–H groups in total. The molecule has 0 saturated carbocycles. The van der Waals surface area contributed by atoms with Gasteiger partial charge >= 0.3 is 0 Å². The fourth-order valence-electron chi connectivity index (χ4n) is 2.38. The van der Waals surface area contributed by atoms with E-state index in [2.05, 4.69) is 24.0 Å². The fourth-order valence-corrected chi connectivity index (χ4v) is 2.38. The van der Waals surface area contributed by atoms with Crippen LogP contribution in [0.2, 0.25) is 0 Å². The van der Waals surface area contributed by atoms with Gasteiger partial charge in [0, 0.05) is 17.6 Å². The number of carbonyl (C=O) groups excluding carboxylic acids is 1. The minimum absolute atomic E-state index is 0.0326. The van der Waals surface area contributed by atoms with E-state index in [0.717, 1.165) is 24.2 Å². The second-order valence-corrected chi connectivity index (χ2v) is 5.55. The van der Waals surface area contributed by atoms with Gasteiger partial charge in [0.1, 0.15) is 5.69 Å². The molecule has 3 rings (SSSR count). The Balaban J connectivity index is 1.84. The molecule has 2 aromatic rings. The summed E-state index contributed by atoms with van der Waals surface area (Å²) in [6.45, 7) is 5.00. The molecule has 1 aromatic heterocycles. The van der Waals surface area contributed by atoms with Crippen LogP contribution in [0, 0.1) is 0 Å². The van der Waals surface area contributed by atoms with Crippen LogP contribution < -0.4 is 0 Å². The summed E-state index contributed by atoms with van der Waals surface area (Å²) in [6, 6.07) is 11.7. The van der Waals surface area contributed by atoms with Gasteiger partial charge in [-0.15, -0.1) is 0 Å². The standard InChI is InChI=1S/C15H17N3O/c1-15(2)8-9-18(15)14(19)13-10-12(16-17-13)11-6-4-3-5-7-11/h3-7,10H,8-9H2,1-2H3,(H,16,17). The molecule has 0 radical (unpaired) electrons. The molecule has 0 atom stereocenters. The highest BCUT2D eigenvalue weighted by atomic mass is 16.2. The summed E-state index contributed by atoms with van der Waals surface area (Å²) < 4.78 is 0. The second-order valence-electron chi connectivity index (χ2n) is 5.55. The van der Waals surface area contributed by atoms with Crippen molar-refractivity contribution in [1.82, 2.24) is 15.1 Å². The van der Waals surface area contributed by atoms with Crippen LogP contribution in [0.25, 0.3) is 11.3 Å². The monoisotopic (exact) mass is 255 g/mol. The van der Waals surface area contributed by atoms with Crippen LogP contribution in [-0.2, 0) is 0 Å². The molecule has 1 aromatic carbocycles. The largest absolute Gasteiger partial charge is 0.332 e. The summed E-state index contributed by atoms with van der Waals surface area (Å²) in [5.74, 6) is 0.0333. The van der Waals surface area contributed by atoms with Gasteiger partial charge in [-0.3, -0.25) is 9.89 Å². The Morgan fingerprint density at radius 1 is 1.32 bits per heavy atom. The molecule has 4 heteroatoms. The molecule has 0 unspecified atom stereocenters. The van der Waals surface area contributed by atoms with E-state index in [0.29, 0.717) is 5.69 Å². The van der Waals surface area contributed by atoms with Crippen molar-refractivity contribution in [3.63, 3.8) is 0 Å². The molecule has 1 amide bonds. The molecule has 19 heavy (non-hydrogen) atoms. The molecule has 0 spiro atoms. The van der Waals surface area contributed by atoms with Gasteiger partial charge in [0.15, 0.2) is 0 Å². The third kappa shape index (κ3) is 2.03. The molecule has 98 valence electrons. The van der Waals surface area contributed by atoms with Gasteiger partial charge in [-0.1, -0.05) is 30.3 Å². The van der Waals surface area contributed by atoms with E-state index in [1.807, 2.05) is 41.3 Å². The number of nitrogens with one attached hydrogen (secondary N) is 1. The predicted molar refractivity (Wildman–Crippen MR) is 73.8 cm³/mol. The summed E-state index contributed by atoms with van der Waals surface area (Å²) in [4.78, 5) is 14.2. The number of aromatic nitrogens is 2. The smallest absolute Gasteiger partial charge is 0.272 e. The topological polar surface area (TPSA) is 49.0 Å². The van der Waals surface area contributed by atoms with Gasteiger partial charge in [0.25, 0.3) is 5.91 Å². The van der Waals surface area contributed by atoms with Crippen LogP contribution in [0.3, 0.4) is 0 Å². The normalized spacial score (nSPS) is 17.1. The van der Waals surface area contributed by atoms with Crippen molar-refractivity contribution in [2.45, 2.75) is 25.8 Å². The lowest BCUT2D eigenvalue weighted by Crippen LogP contribution is -2.58. The molecule has 1 aliphatic heterocycles. The SMILES string of the molecule is CC1(C)CCN1C(=O)c1cc(-c2ccccc2)n[nH]1. The van der Waals surface area contributed by atoms with E-state index < -0.39 is 0 Å². The first kappa shape index (κ1) is 12.0. The van der Waals surface area contributed by atoms with E-state index in [-0.39, 0.29) is 11.4 Å². The van der Waals surface area contributed by atoms with Crippen molar-refractivity contribution in [3.8, 4) is 11.3 Å². The Hall–Kier alpha value is -2.10. The van der Waals surface area contributed by atoms with Crippen molar-refractivity contribution < 1.29 is 4.79 Å². The molecule has 1 aliphatic rings. The number of benzene rings is 1. The molecule has 2 heterocycles. The lowest BCUT2D eigenvalue weighted by molar-refractivity contribution is 0.0152. The number of likely N-dealkylation sites (tertiary alicyclic amines) is 1. The Morgan fingerprint density at radius 3 is 2.63 bits per heavy atom. The van der Waals surface area contributed by atoms with Gasteiger partial charge in [-0.05, 0) is 26.3 Å². The van der Waals surface area contributed by atoms with Gasteiger partial charge < -0.3 is 4.90 Å². The van der Waals surface area contributed by atoms with Crippen molar-refractivity contribution in [2.24, 2.45) is 0 Å². The van der Waals surface area contributed by atoms with Crippen molar-refractivity contribution >= 4 is 5.91 Å². The van der Waals surface area contributed by atoms with Crippen molar-refractivity contribution in [2.75, 3.05) is 6.54 Å². The molecule has 0 aliphatic carbocycles. The average molecular weight is 255 g/mol. The lowest BCUT2D eigenvalue weighted by Gasteiger charge is -2.48. The molecular formula is C15H17N3O. The molecule has 1 fully saturated rings. The zero-order chi connectivity index (χ0) is 13.5. The third-order valence-electron chi connectivity index (χ3n) is 3.80. The maximum absolute atomic E-state index is 12.3. The van der Waals surface area contributed by atoms with Gasteiger partial charge in [0.2, 0.25) is 0 Å². The maximum Gasteiger partial charge on any atom is 0.272 e. The van der Waals surface area contributed by atoms with E-state index >= 15 is 0 Å². The van der Waals surface area contributed by atoms with Gasteiger partial charge in [-0.25, -0.2) is 0 Å². The predicted octanol–water partition coefficient (Wildman–Crippen LogP) is 2.70. The van der Waals surface area contributed by atoms with Crippen LogP contribution in [0.5, 0.6) is 0 Å². The number of hydrogen-bond donors (Lipinski definition) is 1. The number of hydrogen-bond acceptors (Lipinski definition) is 2. The molecule has 4 nitrogen and oxygen atoms in total. The lowest BCUT2D eigenvalue weighted by atomic mass is 9.88. The first-order chi connectivity index (χ1) is 9.08. The number of amides is 1. The van der Waals surface area contributed by atoms with Crippen LogP contribution >= 0.6 is 0 Å². The van der Waals surface area contributed by atoms with E-state index in [9.17, 15) is 4.79 Å². The van der Waals surface area contributed by atoms with Gasteiger partial charge in [0.05, 0.1) is 5.69 Å². The summed E-state index contributed by atoms with van der Waals surface area (Å²) in [7, 11) is 0. The Labute approximate surface area is 112 Å². The minimum atomic E-state index is -0.0326. The van der Waals surface area contributed by atoms with E-state index in [1.165, 1.54) is 0 Å². The Bertz CT molecular complexity index is 601. The summed E-state index contributed by atoms with van der Waals surface area (Å²) >= 11 is 0. The zero-order valence-electron chi connectivity index (χ0n) is 11.2. The van der Waals surface area contributed by atoms with Crippen LogP contribution in [0.1, 0.15) is 30.8 Å². The highest BCUT2D eigenvalue weighted by Crippen LogP contribution is 2.31. The highest BCUT2D eigenvalue weighted by Gasteiger charge is 2.40. The average Bonchev–Trinajstić information content (AvgIpc) is 2.88. The van der Waals surface area contributed by atoms with E-state index in [4.69, 9.17) is 0 Å². The summed E-state index contributed by atoms with van der Waals surface area (Å²) in [5, 5.41) is 7.07. The van der Waals surface area contributed by atoms with Crippen LogP contribution in [0.4, 0.5) is 0 Å². The summed E-state index contributed by atoms with van der Waals surface area (Å²) in [6.07, 6.45) is 1.05. The zero-order valence-corrected chi connectivity index (χ0v) is 11.2.